The number of rotatable bonds is 4. The lowest BCUT2D eigenvalue weighted by Crippen LogP contribution is -2.50. The molecule has 4 rings (SSSR count). The molecule has 7 atom stereocenters. The third kappa shape index (κ3) is 3.20. The zero-order valence-electron chi connectivity index (χ0n) is 17.4. The van der Waals surface area contributed by atoms with E-state index in [-0.39, 0.29) is 29.8 Å². The number of fused-ring (bicyclic) bond motifs is 5. The van der Waals surface area contributed by atoms with Crippen molar-refractivity contribution < 1.29 is 13.9 Å². The van der Waals surface area contributed by atoms with Gasteiger partial charge in [0.05, 0.1) is 6.10 Å². The molecule has 0 saturated heterocycles. The molecule has 3 heteroatoms. The Bertz CT molecular complexity index is 599. The van der Waals surface area contributed by atoms with Gasteiger partial charge >= 0.3 is 0 Å². The van der Waals surface area contributed by atoms with Crippen molar-refractivity contribution in [2.75, 3.05) is 0 Å². The quantitative estimate of drug-likeness (QED) is 0.535. The Morgan fingerprint density at radius 3 is 2.63 bits per heavy atom. The molecule has 1 nitrogen and oxygen atoms in total. The lowest BCUT2D eigenvalue weighted by Gasteiger charge is -2.58. The maximum atomic E-state index is 13.9. The van der Waals surface area contributed by atoms with E-state index in [0.29, 0.717) is 18.3 Å². The minimum absolute atomic E-state index is 0.0255. The Morgan fingerprint density at radius 1 is 1.11 bits per heavy atom. The number of hydrogen-bond donors (Lipinski definition) is 1. The summed E-state index contributed by atoms with van der Waals surface area (Å²) in [6, 6.07) is 0. The number of aliphatic hydroxyl groups excluding tert-OH is 1. The molecule has 4 aliphatic rings. The first-order valence-electron chi connectivity index (χ1n) is 11.4. The van der Waals surface area contributed by atoms with Crippen molar-refractivity contribution in [3.8, 4) is 0 Å². The predicted molar refractivity (Wildman–Crippen MR) is 106 cm³/mol. The normalized spacial score (nSPS) is 47.0. The van der Waals surface area contributed by atoms with Crippen molar-refractivity contribution in [2.45, 2.75) is 103 Å². The van der Waals surface area contributed by atoms with Gasteiger partial charge < -0.3 is 5.11 Å². The van der Waals surface area contributed by atoms with E-state index in [4.69, 9.17) is 0 Å². The highest BCUT2D eigenvalue weighted by atomic mass is 19.3. The summed E-state index contributed by atoms with van der Waals surface area (Å²) in [5.41, 5.74) is 2.06. The van der Waals surface area contributed by atoms with Crippen LogP contribution in [-0.2, 0) is 0 Å². The maximum Gasteiger partial charge on any atom is 0.247 e. The van der Waals surface area contributed by atoms with Crippen molar-refractivity contribution in [1.82, 2.24) is 0 Å². The van der Waals surface area contributed by atoms with E-state index in [9.17, 15) is 13.9 Å². The summed E-state index contributed by atoms with van der Waals surface area (Å²) >= 11 is 0. The highest BCUT2D eigenvalue weighted by molar-refractivity contribution is 5.25. The molecule has 0 amide bonds. The fourth-order valence-electron chi connectivity index (χ4n) is 7.79. The Morgan fingerprint density at radius 2 is 1.89 bits per heavy atom. The minimum atomic E-state index is -2.48. The van der Waals surface area contributed by atoms with Crippen molar-refractivity contribution in [3.63, 3.8) is 0 Å². The van der Waals surface area contributed by atoms with Gasteiger partial charge in [0, 0.05) is 12.8 Å². The van der Waals surface area contributed by atoms with Gasteiger partial charge in [0.15, 0.2) is 0 Å². The number of aliphatic hydroxyl groups is 1. The smallest absolute Gasteiger partial charge is 0.247 e. The van der Waals surface area contributed by atoms with E-state index >= 15 is 0 Å². The zero-order chi connectivity index (χ0) is 19.4. The van der Waals surface area contributed by atoms with Gasteiger partial charge in [-0.25, -0.2) is 8.78 Å². The first-order valence-corrected chi connectivity index (χ1v) is 11.4. The molecule has 5 unspecified atom stereocenters. The van der Waals surface area contributed by atoms with Gasteiger partial charge in [0.25, 0.3) is 0 Å². The molecule has 0 aromatic rings. The van der Waals surface area contributed by atoms with Crippen LogP contribution in [-0.4, -0.2) is 17.1 Å². The Hall–Kier alpha value is -0.440. The molecule has 0 bridgehead atoms. The fraction of sp³-hybridized carbons (Fsp3) is 0.917. The third-order valence-electron chi connectivity index (χ3n) is 9.65. The molecule has 0 aliphatic heterocycles. The summed E-state index contributed by atoms with van der Waals surface area (Å²) in [6.07, 6.45) is 12.0. The summed E-state index contributed by atoms with van der Waals surface area (Å²) in [6.45, 7) is 6.50. The summed E-state index contributed by atoms with van der Waals surface area (Å²) in [4.78, 5) is 0. The molecule has 0 heterocycles. The summed E-state index contributed by atoms with van der Waals surface area (Å²) in [7, 11) is 0. The van der Waals surface area contributed by atoms with Crippen LogP contribution in [0.1, 0.15) is 91.4 Å². The highest BCUT2D eigenvalue weighted by Crippen LogP contribution is 2.66. The number of halogens is 2. The number of allylic oxidation sites excluding steroid dienone is 1. The molecule has 27 heavy (non-hydrogen) atoms. The van der Waals surface area contributed by atoms with Crippen LogP contribution < -0.4 is 0 Å². The molecule has 3 fully saturated rings. The van der Waals surface area contributed by atoms with Crippen LogP contribution in [0.4, 0.5) is 8.78 Å². The van der Waals surface area contributed by atoms with Crippen LogP contribution in [0.2, 0.25) is 0 Å². The van der Waals surface area contributed by atoms with Gasteiger partial charge in [0.2, 0.25) is 5.92 Å². The van der Waals surface area contributed by atoms with Crippen LogP contribution in [0, 0.1) is 34.5 Å². The maximum absolute atomic E-state index is 13.9. The van der Waals surface area contributed by atoms with Gasteiger partial charge in [-0.3, -0.25) is 0 Å². The first kappa shape index (κ1) is 19.9. The second-order valence-electron chi connectivity index (χ2n) is 10.7. The van der Waals surface area contributed by atoms with Crippen molar-refractivity contribution >= 4 is 0 Å². The van der Waals surface area contributed by atoms with Crippen molar-refractivity contribution in [1.29, 1.82) is 0 Å². The van der Waals surface area contributed by atoms with E-state index in [1.54, 1.807) is 6.92 Å². The van der Waals surface area contributed by atoms with Crippen LogP contribution in [0.3, 0.4) is 0 Å². The molecule has 0 radical (unpaired) electrons. The third-order valence-corrected chi connectivity index (χ3v) is 9.65. The van der Waals surface area contributed by atoms with Gasteiger partial charge in [-0.15, -0.1) is 0 Å². The fourth-order valence-corrected chi connectivity index (χ4v) is 7.79. The lowest BCUT2D eigenvalue weighted by molar-refractivity contribution is -0.0596. The van der Waals surface area contributed by atoms with Crippen molar-refractivity contribution in [3.05, 3.63) is 11.6 Å². The summed E-state index contributed by atoms with van der Waals surface area (Å²) in [5, 5.41) is 10.1. The average Bonchev–Trinajstić information content (AvgIpc) is 2.97. The van der Waals surface area contributed by atoms with Crippen LogP contribution in [0.15, 0.2) is 11.6 Å². The SMILES string of the molecule is CCC(F)(F)CCC1CC[C@H]2C3CC=C4CC(O)CCC4(C)C3CC[C@]12C. The molecule has 0 aromatic heterocycles. The summed E-state index contributed by atoms with van der Waals surface area (Å²) in [5.74, 6) is 0.165. The van der Waals surface area contributed by atoms with Gasteiger partial charge in [-0.1, -0.05) is 32.4 Å². The van der Waals surface area contributed by atoms with E-state index in [1.807, 2.05) is 0 Å². The average molecular weight is 381 g/mol. The van der Waals surface area contributed by atoms with Gasteiger partial charge in [-0.05, 0) is 92.3 Å². The Labute approximate surface area is 164 Å². The van der Waals surface area contributed by atoms with Crippen molar-refractivity contribution in [2.24, 2.45) is 34.5 Å². The second-order valence-corrected chi connectivity index (χ2v) is 10.7. The van der Waals surface area contributed by atoms with Crippen LogP contribution in [0.25, 0.3) is 0 Å². The predicted octanol–water partition coefficient (Wildman–Crippen LogP) is 6.75. The standard InChI is InChI=1S/C24H38F2O/c1-4-24(25,26)14-9-16-6-8-20-19-7-5-17-15-18(27)10-12-23(17,3)21(19)11-13-22(16,20)2/h5,16,18-21,27H,4,6-15H2,1-3H3/t16?,18?,19?,20-,21?,22+,23?/m0/s1. The molecule has 0 aromatic carbocycles. The topological polar surface area (TPSA) is 20.2 Å². The molecule has 154 valence electrons. The van der Waals surface area contributed by atoms with Gasteiger partial charge in [0.1, 0.15) is 0 Å². The Balaban J connectivity index is 1.52. The number of alkyl halides is 2. The van der Waals surface area contributed by atoms with Crippen LogP contribution >= 0.6 is 0 Å². The molecular weight excluding hydrogens is 342 g/mol. The molecular formula is C24H38F2O. The zero-order valence-corrected chi connectivity index (χ0v) is 17.4. The van der Waals surface area contributed by atoms with E-state index in [1.165, 1.54) is 24.8 Å². The second kappa shape index (κ2) is 6.82. The highest BCUT2D eigenvalue weighted by Gasteiger charge is 2.58. The van der Waals surface area contributed by atoms with E-state index in [0.717, 1.165) is 43.9 Å². The van der Waals surface area contributed by atoms with Gasteiger partial charge in [-0.2, -0.15) is 0 Å². The molecule has 1 N–H and O–H groups in total. The van der Waals surface area contributed by atoms with E-state index < -0.39 is 5.92 Å². The lowest BCUT2D eigenvalue weighted by atomic mass is 9.47. The van der Waals surface area contributed by atoms with E-state index in [2.05, 4.69) is 19.9 Å². The molecule has 0 spiro atoms. The molecule has 3 saturated carbocycles. The Kier molecular flexibility index (Phi) is 5.01. The number of hydrogen-bond acceptors (Lipinski definition) is 1. The van der Waals surface area contributed by atoms with Crippen LogP contribution in [0.5, 0.6) is 0 Å². The minimum Gasteiger partial charge on any atom is -0.393 e. The summed E-state index contributed by atoms with van der Waals surface area (Å²) < 4.78 is 27.7. The first-order chi connectivity index (χ1) is 12.7. The molecule has 4 aliphatic carbocycles. The monoisotopic (exact) mass is 380 g/mol. The largest absolute Gasteiger partial charge is 0.393 e.